The Hall–Kier alpha value is -2.83. The van der Waals surface area contributed by atoms with Gasteiger partial charge in [0.05, 0.1) is 0 Å². The molecule has 7 heteroatoms. The molecular weight excluding hydrogens is 378 g/mol. The van der Waals surface area contributed by atoms with Gasteiger partial charge < -0.3 is 20.7 Å². The summed E-state index contributed by atoms with van der Waals surface area (Å²) < 4.78 is 5.64. The van der Waals surface area contributed by atoms with Crippen LogP contribution in [0.4, 0.5) is 11.6 Å². The molecule has 3 N–H and O–H groups in total. The highest BCUT2D eigenvalue weighted by atomic mass is 16.5. The van der Waals surface area contributed by atoms with E-state index in [1.165, 1.54) is 25.7 Å². The van der Waals surface area contributed by atoms with Crippen LogP contribution in [-0.4, -0.2) is 41.6 Å². The summed E-state index contributed by atoms with van der Waals surface area (Å²) in [4.78, 5) is 23.4. The number of rotatable bonds is 7. The second-order valence-corrected chi connectivity index (χ2v) is 8.21. The van der Waals surface area contributed by atoms with Crippen LogP contribution in [0.5, 0.6) is 5.75 Å². The number of nitrogens with one attached hydrogen (secondary N) is 1. The fourth-order valence-corrected chi connectivity index (χ4v) is 3.78. The molecule has 0 saturated carbocycles. The van der Waals surface area contributed by atoms with Crippen molar-refractivity contribution in [3.05, 3.63) is 30.3 Å². The number of nitrogens with zero attached hydrogens (tertiary/aromatic N) is 3. The minimum atomic E-state index is -0.149. The summed E-state index contributed by atoms with van der Waals surface area (Å²) in [6, 6.07) is 9.39. The number of hydrogen-bond donors (Lipinski definition) is 2. The second kappa shape index (κ2) is 10.3. The largest absolute Gasteiger partial charge is 0.484 e. The summed E-state index contributed by atoms with van der Waals surface area (Å²) in [5.41, 5.74) is 6.93. The molecule has 1 saturated heterocycles. The lowest BCUT2D eigenvalue weighted by molar-refractivity contribution is -0.123. The van der Waals surface area contributed by atoms with Gasteiger partial charge in [0, 0.05) is 30.8 Å². The van der Waals surface area contributed by atoms with Crippen LogP contribution in [0.25, 0.3) is 11.4 Å². The molecule has 1 aliphatic heterocycles. The quantitative estimate of drug-likeness (QED) is 0.722. The van der Waals surface area contributed by atoms with E-state index in [0.717, 1.165) is 30.4 Å². The fourth-order valence-electron chi connectivity index (χ4n) is 3.78. The van der Waals surface area contributed by atoms with Crippen molar-refractivity contribution in [2.45, 2.75) is 52.5 Å². The van der Waals surface area contributed by atoms with Gasteiger partial charge in [-0.05, 0) is 51.2 Å². The first-order valence-corrected chi connectivity index (χ1v) is 10.9. The lowest BCUT2D eigenvalue weighted by Gasteiger charge is -2.22. The van der Waals surface area contributed by atoms with E-state index in [1.54, 1.807) is 0 Å². The Balaban J connectivity index is 1.75. The molecule has 0 radical (unpaired) electrons. The zero-order valence-corrected chi connectivity index (χ0v) is 18.2. The van der Waals surface area contributed by atoms with Crippen LogP contribution in [0, 0.1) is 5.92 Å². The number of anilines is 2. The predicted octanol–water partition coefficient (Wildman–Crippen LogP) is 3.65. The first-order valence-electron chi connectivity index (χ1n) is 10.9. The summed E-state index contributed by atoms with van der Waals surface area (Å²) in [6.45, 7) is 8.04. The number of benzene rings is 1. The van der Waals surface area contributed by atoms with Crippen molar-refractivity contribution in [3.63, 3.8) is 0 Å². The van der Waals surface area contributed by atoms with Crippen molar-refractivity contribution in [2.75, 3.05) is 30.3 Å². The van der Waals surface area contributed by atoms with Crippen LogP contribution >= 0.6 is 0 Å². The Kier molecular flexibility index (Phi) is 7.49. The zero-order valence-electron chi connectivity index (χ0n) is 18.2. The highest BCUT2D eigenvalue weighted by Crippen LogP contribution is 2.27. The molecule has 0 bridgehead atoms. The van der Waals surface area contributed by atoms with E-state index in [0.29, 0.717) is 17.4 Å². The van der Waals surface area contributed by atoms with E-state index in [2.05, 4.69) is 22.1 Å². The third-order valence-corrected chi connectivity index (χ3v) is 5.39. The number of nitrogens with two attached hydrogens (primary N) is 1. The van der Waals surface area contributed by atoms with E-state index < -0.39 is 0 Å². The van der Waals surface area contributed by atoms with Crippen LogP contribution in [0.3, 0.4) is 0 Å². The Morgan fingerprint density at radius 1 is 1.27 bits per heavy atom. The Bertz CT molecular complexity index is 855. The van der Waals surface area contributed by atoms with Gasteiger partial charge in [-0.25, -0.2) is 9.97 Å². The van der Waals surface area contributed by atoms with Crippen molar-refractivity contribution < 1.29 is 9.53 Å². The minimum Gasteiger partial charge on any atom is -0.484 e. The van der Waals surface area contributed by atoms with Gasteiger partial charge >= 0.3 is 0 Å². The summed E-state index contributed by atoms with van der Waals surface area (Å²) in [5, 5.41) is 2.81. The summed E-state index contributed by atoms with van der Waals surface area (Å²) in [5.74, 6) is 3.13. The number of ether oxygens (including phenoxy) is 1. The van der Waals surface area contributed by atoms with Crippen LogP contribution < -0.4 is 20.7 Å². The van der Waals surface area contributed by atoms with Gasteiger partial charge in [0.2, 0.25) is 0 Å². The number of amides is 1. The molecule has 30 heavy (non-hydrogen) atoms. The van der Waals surface area contributed by atoms with Gasteiger partial charge in [-0.1, -0.05) is 25.5 Å². The molecule has 1 fully saturated rings. The van der Waals surface area contributed by atoms with Crippen molar-refractivity contribution >= 4 is 17.5 Å². The van der Waals surface area contributed by atoms with Crippen LogP contribution in [0.2, 0.25) is 0 Å². The van der Waals surface area contributed by atoms with Gasteiger partial charge in [-0.3, -0.25) is 4.79 Å². The van der Waals surface area contributed by atoms with Gasteiger partial charge in [-0.15, -0.1) is 0 Å². The minimum absolute atomic E-state index is 0.0307. The van der Waals surface area contributed by atoms with E-state index in [1.807, 2.05) is 44.2 Å². The van der Waals surface area contributed by atoms with Gasteiger partial charge in [0.25, 0.3) is 5.91 Å². The SMILES string of the molecule is CCC1CCCN(c2cc(N)nc(-c3cccc(OCC(=O)NC(C)C)c3)n2)CC1. The van der Waals surface area contributed by atoms with Gasteiger partial charge in [0.1, 0.15) is 17.4 Å². The highest BCUT2D eigenvalue weighted by Gasteiger charge is 2.18. The van der Waals surface area contributed by atoms with E-state index in [9.17, 15) is 4.79 Å². The number of hydrogen-bond acceptors (Lipinski definition) is 6. The number of nitrogen functional groups attached to an aromatic ring is 1. The number of carbonyl (C=O) groups excluding carboxylic acids is 1. The monoisotopic (exact) mass is 411 g/mol. The normalized spacial score (nSPS) is 16.9. The van der Waals surface area contributed by atoms with Crippen molar-refractivity contribution in [1.29, 1.82) is 0 Å². The predicted molar refractivity (Wildman–Crippen MR) is 120 cm³/mol. The van der Waals surface area contributed by atoms with E-state index in [-0.39, 0.29) is 18.6 Å². The third kappa shape index (κ3) is 6.08. The van der Waals surface area contributed by atoms with Crippen LogP contribution in [0.1, 0.15) is 46.5 Å². The lowest BCUT2D eigenvalue weighted by Crippen LogP contribution is -2.34. The molecule has 1 aromatic carbocycles. The molecule has 2 aromatic rings. The topological polar surface area (TPSA) is 93.4 Å². The highest BCUT2D eigenvalue weighted by molar-refractivity contribution is 5.77. The van der Waals surface area contributed by atoms with Crippen LogP contribution in [-0.2, 0) is 4.79 Å². The molecule has 3 rings (SSSR count). The molecule has 1 unspecified atom stereocenters. The molecule has 1 aliphatic rings. The maximum absolute atomic E-state index is 11.8. The molecule has 2 heterocycles. The van der Waals surface area contributed by atoms with Gasteiger partial charge in [-0.2, -0.15) is 0 Å². The number of carbonyl (C=O) groups is 1. The van der Waals surface area contributed by atoms with Crippen molar-refractivity contribution in [2.24, 2.45) is 5.92 Å². The molecule has 162 valence electrons. The zero-order chi connectivity index (χ0) is 21.5. The van der Waals surface area contributed by atoms with Gasteiger partial charge in [0.15, 0.2) is 12.4 Å². The van der Waals surface area contributed by atoms with Crippen molar-refractivity contribution in [3.8, 4) is 17.1 Å². The maximum atomic E-state index is 11.8. The first kappa shape index (κ1) is 21.9. The smallest absolute Gasteiger partial charge is 0.258 e. The third-order valence-electron chi connectivity index (χ3n) is 5.39. The second-order valence-electron chi connectivity index (χ2n) is 8.21. The first-order chi connectivity index (χ1) is 14.4. The van der Waals surface area contributed by atoms with Crippen LogP contribution in [0.15, 0.2) is 30.3 Å². The molecule has 7 nitrogen and oxygen atoms in total. The molecule has 1 aromatic heterocycles. The Labute approximate surface area is 179 Å². The lowest BCUT2D eigenvalue weighted by atomic mass is 9.98. The summed E-state index contributed by atoms with van der Waals surface area (Å²) in [6.07, 6.45) is 4.84. The van der Waals surface area contributed by atoms with Crippen molar-refractivity contribution in [1.82, 2.24) is 15.3 Å². The Morgan fingerprint density at radius 2 is 2.10 bits per heavy atom. The molecule has 0 spiro atoms. The average Bonchev–Trinajstić information content (AvgIpc) is 2.97. The standard InChI is InChI=1S/C23H33N5O2/c1-4-17-7-6-11-28(12-10-17)21-14-20(24)26-23(27-21)18-8-5-9-19(13-18)30-15-22(29)25-16(2)3/h5,8-9,13-14,16-17H,4,6-7,10-12,15H2,1-3H3,(H,25,29)(H2,24,26,27). The Morgan fingerprint density at radius 3 is 2.87 bits per heavy atom. The summed E-state index contributed by atoms with van der Waals surface area (Å²) >= 11 is 0. The molecule has 0 aliphatic carbocycles. The van der Waals surface area contributed by atoms with E-state index >= 15 is 0 Å². The molecule has 1 amide bonds. The molecular formula is C23H33N5O2. The van der Waals surface area contributed by atoms with E-state index in [4.69, 9.17) is 15.5 Å². The maximum Gasteiger partial charge on any atom is 0.258 e. The summed E-state index contributed by atoms with van der Waals surface area (Å²) in [7, 11) is 0. The molecule has 1 atom stereocenters. The number of aromatic nitrogens is 2. The fraction of sp³-hybridized carbons (Fsp3) is 0.522. The average molecular weight is 412 g/mol.